The van der Waals surface area contributed by atoms with Gasteiger partial charge in [0.05, 0.1) is 18.7 Å². The number of hydrogen-bond donors (Lipinski definition) is 1. The molecular formula is C22H22N2O4S. The van der Waals surface area contributed by atoms with E-state index in [0.29, 0.717) is 23.2 Å². The van der Waals surface area contributed by atoms with Crippen LogP contribution in [0.4, 0.5) is 5.13 Å². The second kappa shape index (κ2) is 10.4. The topological polar surface area (TPSA) is 77.5 Å². The molecule has 0 aliphatic carbocycles. The number of benzene rings is 2. The lowest BCUT2D eigenvalue weighted by atomic mass is 10.0. The molecule has 0 spiro atoms. The molecular weight excluding hydrogens is 388 g/mol. The van der Waals surface area contributed by atoms with Crippen LogP contribution in [0.5, 0.6) is 5.75 Å². The molecule has 6 nitrogen and oxygen atoms in total. The van der Waals surface area contributed by atoms with E-state index in [4.69, 9.17) is 9.47 Å². The van der Waals surface area contributed by atoms with Gasteiger partial charge in [-0.15, -0.1) is 11.3 Å². The maximum atomic E-state index is 12.2. The molecule has 150 valence electrons. The van der Waals surface area contributed by atoms with Crippen LogP contribution in [0, 0.1) is 0 Å². The number of nitrogens with zero attached hydrogens (tertiary/aromatic N) is 1. The van der Waals surface area contributed by atoms with Crippen molar-refractivity contribution in [2.75, 3.05) is 18.5 Å². The lowest BCUT2D eigenvalue weighted by Crippen LogP contribution is -2.20. The summed E-state index contributed by atoms with van der Waals surface area (Å²) in [5.41, 5.74) is 2.75. The van der Waals surface area contributed by atoms with Gasteiger partial charge in [-0.25, -0.2) is 4.98 Å². The van der Waals surface area contributed by atoms with Gasteiger partial charge in [0.1, 0.15) is 5.75 Å². The number of hydrogen-bond acceptors (Lipinski definition) is 6. The van der Waals surface area contributed by atoms with Crippen LogP contribution in [0.15, 0.2) is 60.0 Å². The van der Waals surface area contributed by atoms with Crippen LogP contribution in [0.1, 0.15) is 23.7 Å². The zero-order valence-corrected chi connectivity index (χ0v) is 16.9. The van der Waals surface area contributed by atoms with Crippen LogP contribution in [-0.2, 0) is 27.2 Å². The van der Waals surface area contributed by atoms with Crippen LogP contribution in [-0.4, -0.2) is 30.1 Å². The Morgan fingerprint density at radius 2 is 1.83 bits per heavy atom. The van der Waals surface area contributed by atoms with Gasteiger partial charge in [0.25, 0.3) is 5.91 Å². The Kier molecular flexibility index (Phi) is 7.35. The molecule has 0 radical (unpaired) electrons. The summed E-state index contributed by atoms with van der Waals surface area (Å²) in [6, 6.07) is 17.8. The smallest absolute Gasteiger partial charge is 0.311 e. The number of para-hydroxylation sites is 1. The van der Waals surface area contributed by atoms with Crippen molar-refractivity contribution >= 4 is 28.3 Å². The maximum Gasteiger partial charge on any atom is 0.311 e. The number of ether oxygens (including phenoxy) is 2. The summed E-state index contributed by atoms with van der Waals surface area (Å²) in [5.74, 6) is 0.0271. The first-order valence-corrected chi connectivity index (χ1v) is 10.2. The molecule has 3 aromatic rings. The molecule has 0 aliphatic rings. The van der Waals surface area contributed by atoms with Gasteiger partial charge in [-0.05, 0) is 24.1 Å². The highest BCUT2D eigenvalue weighted by Crippen LogP contribution is 2.22. The number of amides is 1. The van der Waals surface area contributed by atoms with E-state index in [-0.39, 0.29) is 24.9 Å². The van der Waals surface area contributed by atoms with Crippen molar-refractivity contribution in [1.29, 1.82) is 0 Å². The van der Waals surface area contributed by atoms with E-state index in [1.807, 2.05) is 42.5 Å². The van der Waals surface area contributed by atoms with Gasteiger partial charge in [-0.3, -0.25) is 14.9 Å². The highest BCUT2D eigenvalue weighted by atomic mass is 32.1. The summed E-state index contributed by atoms with van der Waals surface area (Å²) in [4.78, 5) is 28.0. The lowest BCUT2D eigenvalue weighted by molar-refractivity contribution is -0.142. The minimum atomic E-state index is -0.339. The Morgan fingerprint density at radius 1 is 1.07 bits per heavy atom. The second-order valence-electron chi connectivity index (χ2n) is 6.23. The van der Waals surface area contributed by atoms with Crippen molar-refractivity contribution in [3.63, 3.8) is 0 Å². The SMILES string of the molecule is CCOC(=O)Cc1csc(NC(=O)COc2ccccc2Cc2ccccc2)n1. The van der Waals surface area contributed by atoms with Crippen molar-refractivity contribution in [2.24, 2.45) is 0 Å². The highest BCUT2D eigenvalue weighted by Gasteiger charge is 2.12. The number of rotatable bonds is 9. The van der Waals surface area contributed by atoms with Gasteiger partial charge in [-0.2, -0.15) is 0 Å². The Labute approximate surface area is 173 Å². The molecule has 0 bridgehead atoms. The van der Waals surface area contributed by atoms with Gasteiger partial charge in [0.15, 0.2) is 11.7 Å². The Balaban J connectivity index is 1.54. The molecule has 1 heterocycles. The standard InChI is InChI=1S/C22H22N2O4S/c1-2-27-21(26)13-18-15-29-22(23-18)24-20(25)14-28-19-11-7-6-10-17(19)12-16-8-4-3-5-9-16/h3-11,15H,2,12-14H2,1H3,(H,23,24,25). The van der Waals surface area contributed by atoms with E-state index < -0.39 is 0 Å². The average molecular weight is 410 g/mol. The molecule has 0 atom stereocenters. The fraction of sp³-hybridized carbons (Fsp3) is 0.227. The van der Waals surface area contributed by atoms with E-state index in [2.05, 4.69) is 22.4 Å². The quantitative estimate of drug-likeness (QED) is 0.542. The summed E-state index contributed by atoms with van der Waals surface area (Å²) < 4.78 is 10.6. The molecule has 1 N–H and O–H groups in total. The minimum Gasteiger partial charge on any atom is -0.483 e. The molecule has 0 aliphatic heterocycles. The van der Waals surface area contributed by atoms with E-state index in [0.717, 1.165) is 12.0 Å². The molecule has 0 saturated heterocycles. The zero-order chi connectivity index (χ0) is 20.5. The van der Waals surface area contributed by atoms with E-state index in [9.17, 15) is 9.59 Å². The summed E-state index contributed by atoms with van der Waals surface area (Å²) in [6.45, 7) is 1.96. The number of carbonyl (C=O) groups is 2. The third kappa shape index (κ3) is 6.43. The molecule has 3 rings (SSSR count). The Morgan fingerprint density at radius 3 is 2.62 bits per heavy atom. The number of carbonyl (C=O) groups excluding carboxylic acids is 2. The van der Waals surface area contributed by atoms with Crippen molar-refractivity contribution in [3.8, 4) is 5.75 Å². The normalized spacial score (nSPS) is 10.4. The van der Waals surface area contributed by atoms with Crippen LogP contribution in [0.25, 0.3) is 0 Å². The summed E-state index contributed by atoms with van der Waals surface area (Å²) in [7, 11) is 0. The van der Waals surface area contributed by atoms with Crippen molar-refractivity contribution in [2.45, 2.75) is 19.8 Å². The Hall–Kier alpha value is -3.19. The summed E-state index contributed by atoms with van der Waals surface area (Å²) in [6.07, 6.45) is 0.811. The van der Waals surface area contributed by atoms with E-state index in [1.165, 1.54) is 16.9 Å². The molecule has 1 aromatic heterocycles. The molecule has 7 heteroatoms. The van der Waals surface area contributed by atoms with Gasteiger partial charge in [-0.1, -0.05) is 48.5 Å². The van der Waals surface area contributed by atoms with Crippen LogP contribution in [0.2, 0.25) is 0 Å². The van der Waals surface area contributed by atoms with Gasteiger partial charge < -0.3 is 9.47 Å². The minimum absolute atomic E-state index is 0.0869. The lowest BCUT2D eigenvalue weighted by Gasteiger charge is -2.11. The Bertz CT molecular complexity index is 956. The fourth-order valence-electron chi connectivity index (χ4n) is 2.71. The molecule has 0 unspecified atom stereocenters. The monoisotopic (exact) mass is 410 g/mol. The third-order valence-electron chi connectivity index (χ3n) is 4.00. The van der Waals surface area contributed by atoms with E-state index in [1.54, 1.807) is 12.3 Å². The second-order valence-corrected chi connectivity index (χ2v) is 7.09. The number of aromatic nitrogens is 1. The van der Waals surface area contributed by atoms with Crippen LogP contribution < -0.4 is 10.1 Å². The van der Waals surface area contributed by atoms with Gasteiger partial charge in [0.2, 0.25) is 0 Å². The third-order valence-corrected chi connectivity index (χ3v) is 4.80. The molecule has 0 saturated carbocycles. The largest absolute Gasteiger partial charge is 0.483 e. The first-order valence-electron chi connectivity index (χ1n) is 9.28. The zero-order valence-electron chi connectivity index (χ0n) is 16.1. The molecule has 2 aromatic carbocycles. The number of anilines is 1. The first-order chi connectivity index (χ1) is 14.1. The van der Waals surface area contributed by atoms with Crippen molar-refractivity contribution < 1.29 is 19.1 Å². The van der Waals surface area contributed by atoms with Gasteiger partial charge in [0, 0.05) is 11.8 Å². The number of nitrogens with one attached hydrogen (secondary N) is 1. The van der Waals surface area contributed by atoms with Gasteiger partial charge >= 0.3 is 5.97 Å². The fourth-order valence-corrected chi connectivity index (χ4v) is 3.44. The average Bonchev–Trinajstić information content (AvgIpc) is 3.15. The number of esters is 1. The van der Waals surface area contributed by atoms with Crippen LogP contribution >= 0.6 is 11.3 Å². The van der Waals surface area contributed by atoms with E-state index >= 15 is 0 Å². The van der Waals surface area contributed by atoms with Crippen molar-refractivity contribution in [1.82, 2.24) is 4.98 Å². The molecule has 0 fully saturated rings. The number of thiazole rings is 1. The predicted octanol–water partition coefficient (Wildman–Crippen LogP) is 3.86. The highest BCUT2D eigenvalue weighted by molar-refractivity contribution is 7.13. The van der Waals surface area contributed by atoms with Crippen LogP contribution in [0.3, 0.4) is 0 Å². The first kappa shape index (κ1) is 20.5. The summed E-state index contributed by atoms with van der Waals surface area (Å²) in [5, 5.41) is 4.85. The maximum absolute atomic E-state index is 12.2. The molecule has 1 amide bonds. The molecule has 29 heavy (non-hydrogen) atoms. The summed E-state index contributed by atoms with van der Waals surface area (Å²) >= 11 is 1.26. The van der Waals surface area contributed by atoms with Crippen molar-refractivity contribution in [3.05, 3.63) is 76.8 Å². The predicted molar refractivity (Wildman–Crippen MR) is 112 cm³/mol.